The van der Waals surface area contributed by atoms with Crippen LogP contribution in [-0.2, 0) is 6.54 Å². The average molecular weight is 371 g/mol. The Morgan fingerprint density at radius 3 is 2.72 bits per heavy atom. The average Bonchev–Trinajstić information content (AvgIpc) is 3.04. The Balaban J connectivity index is 1.77. The molecule has 2 aromatic carbocycles. The number of benzene rings is 2. The molecular weight excluding hydrogens is 359 g/mol. The summed E-state index contributed by atoms with van der Waals surface area (Å²) in [5.41, 5.74) is 3.24. The highest BCUT2D eigenvalue weighted by molar-refractivity contribution is 7.17. The van der Waals surface area contributed by atoms with Crippen LogP contribution in [-0.4, -0.2) is 9.55 Å². The number of nitrogens with zero attached hydrogens (tertiary/aromatic N) is 2. The SMILES string of the molecule is O=c1c2scc(-c3cccc(Cl)c3)c2ncn1Cc1ccc(F)cc1. The molecule has 0 spiro atoms. The molecule has 0 bridgehead atoms. The molecule has 4 aromatic rings. The molecule has 0 aliphatic carbocycles. The van der Waals surface area contributed by atoms with Crippen molar-refractivity contribution in [3.8, 4) is 11.1 Å². The van der Waals surface area contributed by atoms with Crippen molar-refractivity contribution in [1.29, 1.82) is 0 Å². The van der Waals surface area contributed by atoms with Gasteiger partial charge in [-0.2, -0.15) is 0 Å². The zero-order chi connectivity index (χ0) is 17.4. The number of aromatic nitrogens is 2. The van der Waals surface area contributed by atoms with Gasteiger partial charge in [0.25, 0.3) is 5.56 Å². The molecule has 0 saturated heterocycles. The van der Waals surface area contributed by atoms with Crippen LogP contribution in [0.25, 0.3) is 21.3 Å². The molecule has 124 valence electrons. The van der Waals surface area contributed by atoms with Crippen molar-refractivity contribution in [2.24, 2.45) is 0 Å². The van der Waals surface area contributed by atoms with Crippen LogP contribution >= 0.6 is 22.9 Å². The van der Waals surface area contributed by atoms with Crippen LogP contribution in [0, 0.1) is 5.82 Å². The minimum atomic E-state index is -0.297. The van der Waals surface area contributed by atoms with Gasteiger partial charge in [-0.05, 0) is 35.4 Å². The first-order valence-electron chi connectivity index (χ1n) is 7.59. The second-order valence-corrected chi connectivity index (χ2v) is 6.96. The molecule has 25 heavy (non-hydrogen) atoms. The summed E-state index contributed by atoms with van der Waals surface area (Å²) in [7, 11) is 0. The van der Waals surface area contributed by atoms with E-state index in [9.17, 15) is 9.18 Å². The third-order valence-electron chi connectivity index (χ3n) is 3.95. The fraction of sp³-hybridized carbons (Fsp3) is 0.0526. The maximum absolute atomic E-state index is 13.0. The van der Waals surface area contributed by atoms with E-state index in [2.05, 4.69) is 4.98 Å². The molecule has 0 saturated carbocycles. The summed E-state index contributed by atoms with van der Waals surface area (Å²) in [5.74, 6) is -0.297. The van der Waals surface area contributed by atoms with Crippen LogP contribution in [0.15, 0.2) is 65.0 Å². The third-order valence-corrected chi connectivity index (χ3v) is 5.14. The van der Waals surface area contributed by atoms with Gasteiger partial charge >= 0.3 is 0 Å². The first kappa shape index (κ1) is 16.0. The fourth-order valence-corrected chi connectivity index (χ4v) is 3.87. The molecule has 6 heteroatoms. The molecule has 3 nitrogen and oxygen atoms in total. The van der Waals surface area contributed by atoms with Crippen molar-refractivity contribution in [3.05, 3.63) is 87.0 Å². The summed E-state index contributed by atoms with van der Waals surface area (Å²) < 4.78 is 15.1. The Hall–Kier alpha value is -2.50. The lowest BCUT2D eigenvalue weighted by Gasteiger charge is -2.06. The predicted octanol–water partition coefficient (Wildman–Crippen LogP) is 4.97. The first-order chi connectivity index (χ1) is 12.1. The molecule has 0 amide bonds. The molecule has 0 aliphatic rings. The molecule has 4 rings (SSSR count). The van der Waals surface area contributed by atoms with E-state index < -0.39 is 0 Å². The Labute approximate surface area is 152 Å². The van der Waals surface area contributed by atoms with E-state index >= 15 is 0 Å². The fourth-order valence-electron chi connectivity index (χ4n) is 2.70. The van der Waals surface area contributed by atoms with E-state index in [4.69, 9.17) is 11.6 Å². The smallest absolute Gasteiger partial charge is 0.271 e. The largest absolute Gasteiger partial charge is 0.294 e. The molecule has 0 radical (unpaired) electrons. The quantitative estimate of drug-likeness (QED) is 0.510. The Morgan fingerprint density at radius 1 is 1.16 bits per heavy atom. The summed E-state index contributed by atoms with van der Waals surface area (Å²) in [6.45, 7) is 0.354. The van der Waals surface area contributed by atoms with E-state index in [1.807, 2.05) is 29.6 Å². The van der Waals surface area contributed by atoms with Gasteiger partial charge in [0.15, 0.2) is 0 Å². The summed E-state index contributed by atoms with van der Waals surface area (Å²) in [4.78, 5) is 17.2. The number of rotatable bonds is 3. The van der Waals surface area contributed by atoms with E-state index in [1.54, 1.807) is 12.1 Å². The highest BCUT2D eigenvalue weighted by Gasteiger charge is 2.13. The van der Waals surface area contributed by atoms with Crippen LogP contribution in [0.1, 0.15) is 5.56 Å². The third kappa shape index (κ3) is 3.08. The van der Waals surface area contributed by atoms with Crippen molar-refractivity contribution in [2.75, 3.05) is 0 Å². The van der Waals surface area contributed by atoms with Crippen LogP contribution < -0.4 is 5.56 Å². The van der Waals surface area contributed by atoms with Crippen LogP contribution in [0.2, 0.25) is 5.02 Å². The van der Waals surface area contributed by atoms with Crippen molar-refractivity contribution in [3.63, 3.8) is 0 Å². The number of fused-ring (bicyclic) bond motifs is 1. The van der Waals surface area contributed by atoms with Gasteiger partial charge in [0.1, 0.15) is 10.5 Å². The topological polar surface area (TPSA) is 34.9 Å². The van der Waals surface area contributed by atoms with Gasteiger partial charge in [0, 0.05) is 16.0 Å². The van der Waals surface area contributed by atoms with Gasteiger partial charge in [-0.15, -0.1) is 11.3 Å². The van der Waals surface area contributed by atoms with Gasteiger partial charge in [-0.3, -0.25) is 9.36 Å². The molecular formula is C19H12ClFN2OS. The van der Waals surface area contributed by atoms with E-state index in [1.165, 1.54) is 34.4 Å². The Morgan fingerprint density at radius 2 is 1.96 bits per heavy atom. The summed E-state index contributed by atoms with van der Waals surface area (Å²) in [5, 5.41) is 2.56. The normalized spacial score (nSPS) is 11.1. The van der Waals surface area contributed by atoms with Gasteiger partial charge < -0.3 is 0 Å². The molecule has 0 unspecified atom stereocenters. The van der Waals surface area contributed by atoms with E-state index in [0.29, 0.717) is 21.8 Å². The molecule has 0 fully saturated rings. The van der Waals surface area contributed by atoms with Crippen molar-refractivity contribution < 1.29 is 4.39 Å². The molecule has 0 N–H and O–H groups in total. The summed E-state index contributed by atoms with van der Waals surface area (Å²) in [6.07, 6.45) is 1.54. The van der Waals surface area contributed by atoms with Crippen molar-refractivity contribution in [2.45, 2.75) is 6.54 Å². The number of halogens is 2. The van der Waals surface area contributed by atoms with E-state index in [0.717, 1.165) is 16.7 Å². The van der Waals surface area contributed by atoms with Gasteiger partial charge in [-0.1, -0.05) is 35.9 Å². The maximum atomic E-state index is 13.0. The van der Waals surface area contributed by atoms with Gasteiger partial charge in [0.05, 0.1) is 18.4 Å². The Bertz CT molecular complexity index is 1120. The summed E-state index contributed by atoms with van der Waals surface area (Å²) in [6, 6.07) is 13.6. The van der Waals surface area contributed by atoms with Crippen molar-refractivity contribution in [1.82, 2.24) is 9.55 Å². The van der Waals surface area contributed by atoms with Gasteiger partial charge in [-0.25, -0.2) is 9.37 Å². The highest BCUT2D eigenvalue weighted by atomic mass is 35.5. The maximum Gasteiger partial charge on any atom is 0.271 e. The molecule has 2 aromatic heterocycles. The minimum absolute atomic E-state index is 0.104. The standard InChI is InChI=1S/C19H12ClFN2OS/c20-14-3-1-2-13(8-14)16-10-25-18-17(16)22-11-23(19(18)24)9-12-4-6-15(21)7-5-12/h1-8,10-11H,9H2. The molecule has 0 aliphatic heterocycles. The lowest BCUT2D eigenvalue weighted by Crippen LogP contribution is -2.20. The zero-order valence-electron chi connectivity index (χ0n) is 12.9. The highest BCUT2D eigenvalue weighted by Crippen LogP contribution is 2.31. The number of hydrogen-bond acceptors (Lipinski definition) is 3. The van der Waals surface area contributed by atoms with Crippen LogP contribution in [0.3, 0.4) is 0 Å². The van der Waals surface area contributed by atoms with Crippen molar-refractivity contribution >= 4 is 33.2 Å². The molecule has 0 atom stereocenters. The second-order valence-electron chi connectivity index (χ2n) is 5.64. The lowest BCUT2D eigenvalue weighted by molar-refractivity contribution is 0.626. The minimum Gasteiger partial charge on any atom is -0.294 e. The Kier molecular flexibility index (Phi) is 4.11. The lowest BCUT2D eigenvalue weighted by atomic mass is 10.1. The van der Waals surface area contributed by atoms with Crippen LogP contribution in [0.4, 0.5) is 4.39 Å². The monoisotopic (exact) mass is 370 g/mol. The summed E-state index contributed by atoms with van der Waals surface area (Å²) >= 11 is 7.43. The van der Waals surface area contributed by atoms with Crippen LogP contribution in [0.5, 0.6) is 0 Å². The first-order valence-corrected chi connectivity index (χ1v) is 8.84. The number of thiophene rings is 1. The predicted molar refractivity (Wildman–Crippen MR) is 99.8 cm³/mol. The van der Waals surface area contributed by atoms with Gasteiger partial charge in [0.2, 0.25) is 0 Å². The molecule has 2 heterocycles. The van der Waals surface area contributed by atoms with E-state index in [-0.39, 0.29) is 11.4 Å². The zero-order valence-corrected chi connectivity index (χ0v) is 14.5. The second kappa shape index (κ2) is 6.43. The number of hydrogen-bond donors (Lipinski definition) is 0.